The van der Waals surface area contributed by atoms with E-state index in [0.717, 1.165) is 37.4 Å². The highest BCUT2D eigenvalue weighted by Gasteiger charge is 2.09. The van der Waals surface area contributed by atoms with Crippen molar-refractivity contribution in [1.29, 1.82) is 0 Å². The molecule has 1 unspecified atom stereocenters. The van der Waals surface area contributed by atoms with Crippen molar-refractivity contribution < 1.29 is 23.7 Å². The van der Waals surface area contributed by atoms with Crippen molar-refractivity contribution in [2.75, 3.05) is 19.8 Å². The largest absolute Gasteiger partial charge is 0.494 e. The number of hydrogen-bond donors (Lipinski definition) is 0. The van der Waals surface area contributed by atoms with Crippen LogP contribution in [0.1, 0.15) is 82.5 Å². The van der Waals surface area contributed by atoms with Crippen LogP contribution in [0.4, 0.5) is 0 Å². The topological polar surface area (TPSA) is 54.0 Å². The lowest BCUT2D eigenvalue weighted by Crippen LogP contribution is -2.13. The molecule has 0 spiro atoms. The van der Waals surface area contributed by atoms with Gasteiger partial charge in [0.1, 0.15) is 17.2 Å². The molecular weight excluding hydrogens is 416 g/mol. The number of rotatable bonds is 17. The van der Waals surface area contributed by atoms with Crippen molar-refractivity contribution in [3.63, 3.8) is 0 Å². The van der Waals surface area contributed by atoms with Crippen LogP contribution in [-0.2, 0) is 4.74 Å². The highest BCUT2D eigenvalue weighted by atomic mass is 16.5. The number of ether oxygens (including phenoxy) is 4. The second-order valence-corrected chi connectivity index (χ2v) is 8.32. The Morgan fingerprint density at radius 1 is 0.697 bits per heavy atom. The molecule has 0 heterocycles. The number of hydrogen-bond acceptors (Lipinski definition) is 5. The van der Waals surface area contributed by atoms with E-state index in [4.69, 9.17) is 18.9 Å². The van der Waals surface area contributed by atoms with E-state index in [2.05, 4.69) is 20.8 Å². The summed E-state index contributed by atoms with van der Waals surface area (Å²) in [5.41, 5.74) is 0.488. The lowest BCUT2D eigenvalue weighted by molar-refractivity contribution is 0.0482. The van der Waals surface area contributed by atoms with Crippen LogP contribution in [-0.4, -0.2) is 31.9 Å². The second kappa shape index (κ2) is 16.1. The molecule has 2 aromatic rings. The van der Waals surface area contributed by atoms with Gasteiger partial charge in [-0.25, -0.2) is 4.79 Å². The van der Waals surface area contributed by atoms with Crippen LogP contribution in [0, 0.1) is 0 Å². The van der Waals surface area contributed by atoms with Gasteiger partial charge >= 0.3 is 5.97 Å². The Balaban J connectivity index is 1.69. The maximum atomic E-state index is 12.4. The van der Waals surface area contributed by atoms with Crippen molar-refractivity contribution in [3.05, 3.63) is 54.1 Å². The Hall–Kier alpha value is -2.53. The van der Waals surface area contributed by atoms with Gasteiger partial charge in [0.15, 0.2) is 0 Å². The molecular formula is C28H40O5. The van der Waals surface area contributed by atoms with Crippen LogP contribution >= 0.6 is 0 Å². The molecule has 0 aliphatic carbocycles. The molecule has 0 N–H and O–H groups in total. The molecule has 2 aromatic carbocycles. The summed E-state index contributed by atoms with van der Waals surface area (Å²) in [5.74, 6) is 1.60. The third-order valence-electron chi connectivity index (χ3n) is 5.33. The number of carbonyl (C=O) groups is 1. The summed E-state index contributed by atoms with van der Waals surface area (Å²) in [6, 6.07) is 14.2. The molecule has 0 amide bonds. The first kappa shape index (κ1) is 26.7. The van der Waals surface area contributed by atoms with Gasteiger partial charge < -0.3 is 18.9 Å². The third-order valence-corrected chi connectivity index (χ3v) is 5.33. The first-order valence-electron chi connectivity index (χ1n) is 12.4. The lowest BCUT2D eigenvalue weighted by atomic mass is 10.2. The molecule has 0 radical (unpaired) electrons. The van der Waals surface area contributed by atoms with Crippen LogP contribution in [0.2, 0.25) is 0 Å². The maximum Gasteiger partial charge on any atom is 0.343 e. The molecule has 2 rings (SSSR count). The number of esters is 1. The van der Waals surface area contributed by atoms with Gasteiger partial charge in [-0.05, 0) is 68.3 Å². The minimum absolute atomic E-state index is 0.180. The van der Waals surface area contributed by atoms with Crippen molar-refractivity contribution in [2.24, 2.45) is 0 Å². The molecule has 1 atom stereocenters. The van der Waals surface area contributed by atoms with Crippen molar-refractivity contribution >= 4 is 5.97 Å². The van der Waals surface area contributed by atoms with E-state index in [1.807, 2.05) is 24.3 Å². The summed E-state index contributed by atoms with van der Waals surface area (Å²) < 4.78 is 22.8. The van der Waals surface area contributed by atoms with Crippen LogP contribution in [0.15, 0.2) is 48.5 Å². The number of benzene rings is 2. The minimum Gasteiger partial charge on any atom is -0.494 e. The Labute approximate surface area is 199 Å². The highest BCUT2D eigenvalue weighted by Crippen LogP contribution is 2.20. The van der Waals surface area contributed by atoms with Crippen molar-refractivity contribution in [2.45, 2.75) is 78.2 Å². The van der Waals surface area contributed by atoms with Crippen molar-refractivity contribution in [3.8, 4) is 17.2 Å². The zero-order valence-corrected chi connectivity index (χ0v) is 20.5. The van der Waals surface area contributed by atoms with Crippen LogP contribution in [0.3, 0.4) is 0 Å². The quantitative estimate of drug-likeness (QED) is 0.143. The average molecular weight is 457 g/mol. The Kier molecular flexibility index (Phi) is 13.1. The van der Waals surface area contributed by atoms with Crippen molar-refractivity contribution in [1.82, 2.24) is 0 Å². The number of unbranched alkanes of at least 4 members (excludes halogenated alkanes) is 5. The Bertz CT molecular complexity index is 770. The van der Waals surface area contributed by atoms with Gasteiger partial charge in [-0.15, -0.1) is 0 Å². The lowest BCUT2D eigenvalue weighted by Gasteiger charge is -2.14. The fourth-order valence-corrected chi connectivity index (χ4v) is 3.24. The van der Waals surface area contributed by atoms with E-state index in [-0.39, 0.29) is 6.10 Å². The van der Waals surface area contributed by atoms with Gasteiger partial charge in [-0.2, -0.15) is 0 Å². The molecule has 33 heavy (non-hydrogen) atoms. The van der Waals surface area contributed by atoms with Gasteiger partial charge in [0, 0.05) is 13.0 Å². The van der Waals surface area contributed by atoms with E-state index in [1.165, 1.54) is 32.1 Å². The maximum absolute atomic E-state index is 12.4. The van der Waals surface area contributed by atoms with Gasteiger partial charge in [-0.3, -0.25) is 0 Å². The van der Waals surface area contributed by atoms with Gasteiger partial charge in [0.2, 0.25) is 0 Å². The van der Waals surface area contributed by atoms with E-state index in [9.17, 15) is 4.79 Å². The molecule has 5 heteroatoms. The molecule has 182 valence electrons. The summed E-state index contributed by atoms with van der Waals surface area (Å²) in [6.45, 7) is 8.54. The zero-order chi connectivity index (χ0) is 23.7. The second-order valence-electron chi connectivity index (χ2n) is 8.32. The fourth-order valence-electron chi connectivity index (χ4n) is 3.24. The van der Waals surface area contributed by atoms with E-state index < -0.39 is 5.97 Å². The predicted molar refractivity (Wildman–Crippen MR) is 133 cm³/mol. The van der Waals surface area contributed by atoms with E-state index in [0.29, 0.717) is 24.5 Å². The smallest absolute Gasteiger partial charge is 0.343 e. The SMILES string of the molecule is CCCCCCOc1ccc(C(=O)Oc2ccc(OCCC(C)OCCCCC)cc2)cc1. The normalized spacial score (nSPS) is 11.7. The average Bonchev–Trinajstić information content (AvgIpc) is 2.83. The van der Waals surface area contributed by atoms with Crippen LogP contribution in [0.5, 0.6) is 17.2 Å². The zero-order valence-electron chi connectivity index (χ0n) is 20.5. The summed E-state index contributed by atoms with van der Waals surface area (Å²) in [5, 5.41) is 0. The van der Waals surface area contributed by atoms with Crippen LogP contribution in [0.25, 0.3) is 0 Å². The monoisotopic (exact) mass is 456 g/mol. The molecule has 5 nitrogen and oxygen atoms in total. The summed E-state index contributed by atoms with van der Waals surface area (Å²) in [6.07, 6.45) is 9.20. The molecule has 0 bridgehead atoms. The molecule has 0 saturated heterocycles. The number of carbonyl (C=O) groups excluding carboxylic acids is 1. The summed E-state index contributed by atoms with van der Waals surface area (Å²) in [4.78, 5) is 12.4. The van der Waals surface area contributed by atoms with Crippen LogP contribution < -0.4 is 14.2 Å². The first-order valence-corrected chi connectivity index (χ1v) is 12.4. The fraction of sp³-hybridized carbons (Fsp3) is 0.536. The Morgan fingerprint density at radius 3 is 1.91 bits per heavy atom. The molecule has 0 fully saturated rings. The standard InChI is InChI=1S/C28H40O5/c1-4-6-8-10-21-31-25-13-11-24(12-14-25)28(29)33-27-17-15-26(16-18-27)32-22-19-23(3)30-20-9-7-5-2/h11-18,23H,4-10,19-22H2,1-3H3. The van der Waals surface area contributed by atoms with Gasteiger partial charge in [-0.1, -0.05) is 46.0 Å². The van der Waals surface area contributed by atoms with E-state index >= 15 is 0 Å². The molecule has 0 aromatic heterocycles. The van der Waals surface area contributed by atoms with Gasteiger partial charge in [0.25, 0.3) is 0 Å². The Morgan fingerprint density at radius 2 is 1.24 bits per heavy atom. The molecule has 0 saturated carbocycles. The summed E-state index contributed by atoms with van der Waals surface area (Å²) >= 11 is 0. The molecule has 0 aliphatic rings. The summed E-state index contributed by atoms with van der Waals surface area (Å²) in [7, 11) is 0. The highest BCUT2D eigenvalue weighted by molar-refractivity contribution is 5.91. The first-order chi connectivity index (χ1) is 16.1. The third kappa shape index (κ3) is 11.2. The van der Waals surface area contributed by atoms with E-state index in [1.54, 1.807) is 24.3 Å². The van der Waals surface area contributed by atoms with Gasteiger partial charge in [0.05, 0.1) is 24.9 Å². The molecule has 0 aliphatic heterocycles. The predicted octanol–water partition coefficient (Wildman–Crippen LogP) is 7.23. The minimum atomic E-state index is -0.396.